The molecule has 3 aliphatic heterocycles. The van der Waals surface area contributed by atoms with Crippen LogP contribution in [0.25, 0.3) is 5.65 Å². The Hall–Kier alpha value is -2.67. The van der Waals surface area contributed by atoms with Gasteiger partial charge in [-0.2, -0.15) is 4.52 Å². The first-order chi connectivity index (χ1) is 13.6. The summed E-state index contributed by atoms with van der Waals surface area (Å²) in [5, 5.41) is 13.5. The van der Waals surface area contributed by atoms with Crippen molar-refractivity contribution in [3.05, 3.63) is 52.8 Å². The minimum Gasteiger partial charge on any atom is -0.351 e. The Labute approximate surface area is 167 Å². The highest BCUT2D eigenvalue weighted by Gasteiger charge is 2.47. The number of hydrogen-bond acceptors (Lipinski definition) is 5. The summed E-state index contributed by atoms with van der Waals surface area (Å²) in [6.07, 6.45) is 2.33. The SMILES string of the molecule is Cc1nnc2ccc(N3CC4CC(C3)N4C(=O)CCc3cccc(Cl)c3)nn12. The van der Waals surface area contributed by atoms with Gasteiger partial charge in [-0.1, -0.05) is 23.7 Å². The largest absolute Gasteiger partial charge is 0.351 e. The van der Waals surface area contributed by atoms with Crippen molar-refractivity contribution in [2.24, 2.45) is 0 Å². The highest BCUT2D eigenvalue weighted by Crippen LogP contribution is 2.34. The average Bonchev–Trinajstić information content (AvgIpc) is 3.07. The molecule has 0 saturated carbocycles. The van der Waals surface area contributed by atoms with E-state index in [-0.39, 0.29) is 18.0 Å². The first-order valence-corrected chi connectivity index (χ1v) is 9.96. The summed E-state index contributed by atoms with van der Waals surface area (Å²) in [5.74, 6) is 1.92. The number of amides is 1. The third kappa shape index (κ3) is 2.99. The van der Waals surface area contributed by atoms with Gasteiger partial charge in [0, 0.05) is 24.5 Å². The van der Waals surface area contributed by atoms with Crippen LogP contribution in [-0.2, 0) is 11.2 Å². The van der Waals surface area contributed by atoms with Gasteiger partial charge < -0.3 is 9.80 Å². The molecule has 3 aromatic rings. The zero-order chi connectivity index (χ0) is 19.3. The van der Waals surface area contributed by atoms with Gasteiger partial charge in [-0.05, 0) is 49.6 Å². The Morgan fingerprint density at radius 3 is 2.79 bits per heavy atom. The van der Waals surface area contributed by atoms with E-state index in [4.69, 9.17) is 11.6 Å². The topological polar surface area (TPSA) is 66.6 Å². The van der Waals surface area contributed by atoms with Crippen LogP contribution in [-0.4, -0.2) is 55.8 Å². The lowest BCUT2D eigenvalue weighted by atomic mass is 9.86. The summed E-state index contributed by atoms with van der Waals surface area (Å²) in [4.78, 5) is 17.1. The molecule has 144 valence electrons. The fourth-order valence-electron chi connectivity index (χ4n) is 4.33. The van der Waals surface area contributed by atoms with Gasteiger partial charge in [-0.3, -0.25) is 4.79 Å². The zero-order valence-electron chi connectivity index (χ0n) is 15.6. The molecule has 0 aliphatic carbocycles. The van der Waals surface area contributed by atoms with Crippen molar-refractivity contribution in [1.82, 2.24) is 24.7 Å². The lowest BCUT2D eigenvalue weighted by Gasteiger charge is -2.56. The minimum absolute atomic E-state index is 0.235. The number of piperidine rings is 1. The summed E-state index contributed by atoms with van der Waals surface area (Å²) < 4.78 is 1.77. The van der Waals surface area contributed by atoms with Crippen LogP contribution in [0.4, 0.5) is 5.82 Å². The molecule has 1 amide bonds. The Morgan fingerprint density at radius 2 is 2.00 bits per heavy atom. The molecule has 6 rings (SSSR count). The molecule has 0 radical (unpaired) electrons. The fraction of sp³-hybridized carbons (Fsp3) is 0.400. The van der Waals surface area contributed by atoms with Crippen molar-refractivity contribution >= 4 is 29.0 Å². The second kappa shape index (κ2) is 6.74. The first-order valence-electron chi connectivity index (χ1n) is 9.58. The maximum atomic E-state index is 12.8. The molecule has 2 bridgehead atoms. The standard InChI is InChI=1S/C20H21ClN6O/c1-13-22-23-18-6-7-19(24-27(13)18)25-11-16-10-17(12-25)26(16)20(28)8-5-14-3-2-4-15(21)9-14/h2-4,6-7,9,16-17H,5,8,10-12H2,1H3. The molecule has 8 heteroatoms. The quantitative estimate of drug-likeness (QED) is 0.677. The number of piperazine rings is 1. The fourth-order valence-corrected chi connectivity index (χ4v) is 4.54. The van der Waals surface area contributed by atoms with E-state index >= 15 is 0 Å². The molecule has 2 atom stereocenters. The second-order valence-corrected chi connectivity index (χ2v) is 8.02. The number of carbonyl (C=O) groups excluding carboxylic acids is 1. The maximum Gasteiger partial charge on any atom is 0.223 e. The lowest BCUT2D eigenvalue weighted by molar-refractivity contribution is -0.146. The van der Waals surface area contributed by atoms with Gasteiger partial charge in [-0.15, -0.1) is 15.3 Å². The van der Waals surface area contributed by atoms with E-state index in [2.05, 4.69) is 25.1 Å². The molecule has 2 aromatic heterocycles. The number of aromatic nitrogens is 4. The van der Waals surface area contributed by atoms with E-state index in [0.717, 1.165) is 48.8 Å². The normalized spacial score (nSPS) is 21.1. The molecule has 5 heterocycles. The van der Waals surface area contributed by atoms with E-state index < -0.39 is 0 Å². The van der Waals surface area contributed by atoms with E-state index in [1.807, 2.05) is 43.3 Å². The number of rotatable bonds is 4. The van der Waals surface area contributed by atoms with Gasteiger partial charge in [-0.25, -0.2) is 0 Å². The van der Waals surface area contributed by atoms with Gasteiger partial charge in [0.1, 0.15) is 5.82 Å². The molecule has 7 nitrogen and oxygen atoms in total. The molecule has 28 heavy (non-hydrogen) atoms. The van der Waals surface area contributed by atoms with Crippen molar-refractivity contribution in [3.63, 3.8) is 0 Å². The monoisotopic (exact) mass is 396 g/mol. The minimum atomic E-state index is 0.235. The van der Waals surface area contributed by atoms with Crippen LogP contribution in [0, 0.1) is 6.92 Å². The van der Waals surface area contributed by atoms with Crippen LogP contribution in [0.3, 0.4) is 0 Å². The van der Waals surface area contributed by atoms with Gasteiger partial charge in [0.15, 0.2) is 11.5 Å². The number of nitrogens with zero attached hydrogens (tertiary/aromatic N) is 6. The molecular formula is C20H21ClN6O. The predicted molar refractivity (Wildman–Crippen MR) is 107 cm³/mol. The molecule has 3 aliphatic rings. The van der Waals surface area contributed by atoms with Gasteiger partial charge in [0.25, 0.3) is 0 Å². The molecular weight excluding hydrogens is 376 g/mol. The number of anilines is 1. The third-order valence-corrected chi connectivity index (χ3v) is 5.96. The predicted octanol–water partition coefficient (Wildman–Crippen LogP) is 2.51. The second-order valence-electron chi connectivity index (χ2n) is 7.59. The van der Waals surface area contributed by atoms with Crippen molar-refractivity contribution in [3.8, 4) is 0 Å². The van der Waals surface area contributed by atoms with Crippen molar-refractivity contribution < 1.29 is 4.79 Å². The molecule has 3 saturated heterocycles. The van der Waals surface area contributed by atoms with Crippen molar-refractivity contribution in [1.29, 1.82) is 0 Å². The summed E-state index contributed by atoms with van der Waals surface area (Å²) in [5.41, 5.74) is 1.86. The number of halogens is 1. The van der Waals surface area contributed by atoms with Gasteiger partial charge >= 0.3 is 0 Å². The van der Waals surface area contributed by atoms with Crippen LogP contribution in [0.5, 0.6) is 0 Å². The highest BCUT2D eigenvalue weighted by atomic mass is 35.5. The Bertz CT molecular complexity index is 1040. The van der Waals surface area contributed by atoms with Crippen LogP contribution in [0.15, 0.2) is 36.4 Å². The number of benzene rings is 1. The number of carbonyl (C=O) groups is 1. The van der Waals surface area contributed by atoms with Crippen LogP contribution < -0.4 is 4.90 Å². The van der Waals surface area contributed by atoms with E-state index in [1.165, 1.54) is 0 Å². The Morgan fingerprint density at radius 1 is 1.18 bits per heavy atom. The Balaban J connectivity index is 1.24. The number of aryl methyl sites for hydroxylation is 2. The van der Waals surface area contributed by atoms with E-state index in [1.54, 1.807) is 4.52 Å². The van der Waals surface area contributed by atoms with Crippen LogP contribution in [0.1, 0.15) is 24.2 Å². The highest BCUT2D eigenvalue weighted by molar-refractivity contribution is 6.30. The number of fused-ring (bicyclic) bond motifs is 3. The maximum absolute atomic E-state index is 12.8. The summed E-state index contributed by atoms with van der Waals surface area (Å²) in [7, 11) is 0. The molecule has 0 N–H and O–H groups in total. The smallest absolute Gasteiger partial charge is 0.223 e. The molecule has 2 unspecified atom stereocenters. The zero-order valence-corrected chi connectivity index (χ0v) is 16.4. The van der Waals surface area contributed by atoms with Crippen LogP contribution in [0.2, 0.25) is 5.02 Å². The first kappa shape index (κ1) is 17.4. The molecule has 1 aromatic carbocycles. The summed E-state index contributed by atoms with van der Waals surface area (Å²) >= 11 is 6.04. The van der Waals surface area contributed by atoms with E-state index in [0.29, 0.717) is 11.4 Å². The molecule has 0 spiro atoms. The lowest BCUT2D eigenvalue weighted by Crippen LogP contribution is -2.70. The van der Waals surface area contributed by atoms with Crippen molar-refractivity contribution in [2.75, 3.05) is 18.0 Å². The summed E-state index contributed by atoms with van der Waals surface area (Å²) in [6, 6.07) is 12.2. The summed E-state index contributed by atoms with van der Waals surface area (Å²) in [6.45, 7) is 3.53. The van der Waals surface area contributed by atoms with Crippen molar-refractivity contribution in [2.45, 2.75) is 38.3 Å². The molecule has 3 fully saturated rings. The third-order valence-electron chi connectivity index (χ3n) is 5.73. The number of hydrogen-bond donors (Lipinski definition) is 0. The van der Waals surface area contributed by atoms with E-state index in [9.17, 15) is 4.79 Å². The van der Waals surface area contributed by atoms with Gasteiger partial charge in [0.2, 0.25) is 5.91 Å². The Kier molecular flexibility index (Phi) is 4.19. The van der Waals surface area contributed by atoms with Crippen LogP contribution >= 0.6 is 11.6 Å². The van der Waals surface area contributed by atoms with Gasteiger partial charge in [0.05, 0.1) is 12.1 Å². The average molecular weight is 397 g/mol.